The van der Waals surface area contributed by atoms with Gasteiger partial charge in [-0.3, -0.25) is 4.99 Å². The topological polar surface area (TPSA) is 88.0 Å². The number of ether oxygens (including phenoxy) is 2. The van der Waals surface area contributed by atoms with Gasteiger partial charge in [-0.25, -0.2) is 4.98 Å². The average Bonchev–Trinajstić information content (AvgIpc) is 2.87. The first-order chi connectivity index (χ1) is 16.2. The smallest absolute Gasteiger partial charge is 0.224 e. The Bertz CT molecular complexity index is 1000. The van der Waals surface area contributed by atoms with Crippen molar-refractivity contribution in [3.8, 4) is 17.4 Å². The minimum atomic E-state index is -0.0219. The number of pyridine rings is 1. The fraction of sp³-hybridized carbons (Fsp3) is 0.308. The third kappa shape index (κ3) is 8.49. The minimum Gasteiger partial charge on any atom is -0.494 e. The Hall–Kier alpha value is -2.85. The Morgan fingerprint density at radius 1 is 1.00 bits per heavy atom. The summed E-state index contributed by atoms with van der Waals surface area (Å²) in [5, 5.41) is 16.4. The zero-order valence-electron chi connectivity index (χ0n) is 19.6. The maximum absolute atomic E-state index is 9.78. The fourth-order valence-corrected chi connectivity index (χ4v) is 3.22. The van der Waals surface area contributed by atoms with Gasteiger partial charge in [-0.2, -0.15) is 0 Å². The van der Waals surface area contributed by atoms with Crippen molar-refractivity contribution in [1.82, 2.24) is 15.6 Å². The zero-order chi connectivity index (χ0) is 23.3. The summed E-state index contributed by atoms with van der Waals surface area (Å²) in [6.07, 6.45) is 2.67. The number of aromatic nitrogens is 1. The summed E-state index contributed by atoms with van der Waals surface area (Å²) in [5.41, 5.74) is 1.98. The van der Waals surface area contributed by atoms with Gasteiger partial charge in [0.2, 0.25) is 5.88 Å². The first-order valence-electron chi connectivity index (χ1n) is 11.2. The summed E-state index contributed by atoms with van der Waals surface area (Å²) in [7, 11) is 1.72. The van der Waals surface area contributed by atoms with Crippen LogP contribution < -0.4 is 20.1 Å². The molecule has 1 unspecified atom stereocenters. The van der Waals surface area contributed by atoms with E-state index < -0.39 is 0 Å². The number of rotatable bonds is 11. The Morgan fingerprint density at radius 3 is 2.41 bits per heavy atom. The summed E-state index contributed by atoms with van der Waals surface area (Å²) in [4.78, 5) is 8.68. The van der Waals surface area contributed by atoms with E-state index in [0.717, 1.165) is 23.3 Å². The van der Waals surface area contributed by atoms with E-state index in [4.69, 9.17) is 9.47 Å². The molecule has 0 radical (unpaired) electrons. The maximum atomic E-state index is 9.78. The van der Waals surface area contributed by atoms with E-state index in [1.165, 1.54) is 0 Å². The molecule has 0 fully saturated rings. The number of benzene rings is 2. The highest BCUT2D eigenvalue weighted by molar-refractivity contribution is 14.0. The van der Waals surface area contributed by atoms with Gasteiger partial charge in [0, 0.05) is 37.8 Å². The Kier molecular flexibility index (Phi) is 12.2. The molecule has 7 nitrogen and oxygen atoms in total. The van der Waals surface area contributed by atoms with E-state index in [2.05, 4.69) is 27.5 Å². The highest BCUT2D eigenvalue weighted by Gasteiger charge is 2.12. The molecule has 0 bridgehead atoms. The lowest BCUT2D eigenvalue weighted by Gasteiger charge is -2.18. The second kappa shape index (κ2) is 15.1. The number of aliphatic hydroxyl groups is 1. The first-order valence-corrected chi connectivity index (χ1v) is 11.2. The zero-order valence-corrected chi connectivity index (χ0v) is 21.9. The molecule has 1 heterocycles. The molecule has 182 valence electrons. The number of halogens is 1. The van der Waals surface area contributed by atoms with E-state index in [-0.39, 0.29) is 36.5 Å². The first kappa shape index (κ1) is 27.4. The molecule has 0 amide bonds. The van der Waals surface area contributed by atoms with Gasteiger partial charge in [0.1, 0.15) is 11.5 Å². The van der Waals surface area contributed by atoms with Crippen LogP contribution >= 0.6 is 24.0 Å². The van der Waals surface area contributed by atoms with Crippen molar-refractivity contribution in [1.29, 1.82) is 0 Å². The highest BCUT2D eigenvalue weighted by atomic mass is 127. The van der Waals surface area contributed by atoms with Gasteiger partial charge in [-0.05, 0) is 42.3 Å². The van der Waals surface area contributed by atoms with Gasteiger partial charge in [0.05, 0.1) is 13.2 Å². The third-order valence-corrected chi connectivity index (χ3v) is 5.04. The molecule has 0 saturated carbocycles. The van der Waals surface area contributed by atoms with Crippen molar-refractivity contribution >= 4 is 29.9 Å². The van der Waals surface area contributed by atoms with Crippen LogP contribution in [0.3, 0.4) is 0 Å². The quantitative estimate of drug-likeness (QED) is 0.174. The van der Waals surface area contributed by atoms with Gasteiger partial charge in [-0.15, -0.1) is 24.0 Å². The standard InChI is InChI=1S/C26H32N4O3.HI/c1-3-16-32-23-11-13-24(14-12-23)33-25-21(10-7-15-28-25)17-29-26(27-2)30-18-22(19-31)20-8-5-4-6-9-20;/h4-15,22,31H,3,16-19H2,1-2H3,(H2,27,29,30);1H. The SMILES string of the molecule is CCCOc1ccc(Oc2ncccc2CNC(=NC)NCC(CO)c2ccccc2)cc1.I. The number of aliphatic imine (C=N–C) groups is 1. The number of nitrogens with zero attached hydrogens (tertiary/aromatic N) is 2. The summed E-state index contributed by atoms with van der Waals surface area (Å²) in [6, 6.07) is 21.3. The summed E-state index contributed by atoms with van der Waals surface area (Å²) < 4.78 is 11.6. The Morgan fingerprint density at radius 2 is 1.74 bits per heavy atom. The van der Waals surface area contributed by atoms with Crippen LogP contribution in [-0.2, 0) is 6.54 Å². The molecule has 0 saturated heterocycles. The van der Waals surface area contributed by atoms with Gasteiger partial charge in [-0.1, -0.05) is 43.3 Å². The summed E-state index contributed by atoms with van der Waals surface area (Å²) in [6.45, 7) is 3.86. The normalized spacial score (nSPS) is 11.8. The number of nitrogens with one attached hydrogen (secondary N) is 2. The van der Waals surface area contributed by atoms with E-state index in [9.17, 15) is 5.11 Å². The molecule has 34 heavy (non-hydrogen) atoms. The number of aliphatic hydroxyl groups excluding tert-OH is 1. The van der Waals surface area contributed by atoms with Crippen LogP contribution in [-0.4, -0.2) is 42.9 Å². The van der Waals surface area contributed by atoms with Crippen molar-refractivity contribution in [3.05, 3.63) is 84.1 Å². The van der Waals surface area contributed by atoms with Crippen LogP contribution in [0.5, 0.6) is 17.4 Å². The van der Waals surface area contributed by atoms with Crippen molar-refractivity contribution in [3.63, 3.8) is 0 Å². The molecule has 3 N–H and O–H groups in total. The van der Waals surface area contributed by atoms with Crippen LogP contribution in [0.25, 0.3) is 0 Å². The van der Waals surface area contributed by atoms with Crippen molar-refractivity contribution in [2.75, 3.05) is 26.8 Å². The van der Waals surface area contributed by atoms with Crippen LogP contribution in [0.1, 0.15) is 30.4 Å². The monoisotopic (exact) mass is 576 g/mol. The number of hydrogen-bond donors (Lipinski definition) is 3. The van der Waals surface area contributed by atoms with Gasteiger partial charge in [0.25, 0.3) is 0 Å². The third-order valence-electron chi connectivity index (χ3n) is 5.04. The average molecular weight is 576 g/mol. The van der Waals surface area contributed by atoms with Crippen molar-refractivity contribution < 1.29 is 14.6 Å². The minimum absolute atomic E-state index is 0. The number of hydrogen-bond acceptors (Lipinski definition) is 5. The van der Waals surface area contributed by atoms with E-state index in [0.29, 0.717) is 37.3 Å². The van der Waals surface area contributed by atoms with E-state index >= 15 is 0 Å². The molecule has 0 aliphatic rings. The molecule has 2 aromatic carbocycles. The largest absolute Gasteiger partial charge is 0.494 e. The Balaban J connectivity index is 0.00000408. The van der Waals surface area contributed by atoms with Gasteiger partial charge in [0.15, 0.2) is 5.96 Å². The predicted molar refractivity (Wildman–Crippen MR) is 146 cm³/mol. The summed E-state index contributed by atoms with van der Waals surface area (Å²) in [5.74, 6) is 2.65. The fourth-order valence-electron chi connectivity index (χ4n) is 3.22. The predicted octanol–water partition coefficient (Wildman–Crippen LogP) is 4.72. The van der Waals surface area contributed by atoms with Crippen molar-refractivity contribution in [2.45, 2.75) is 25.8 Å². The van der Waals surface area contributed by atoms with Crippen LogP contribution in [0.4, 0.5) is 0 Å². The Labute approximate surface area is 218 Å². The lowest BCUT2D eigenvalue weighted by atomic mass is 10.0. The second-order valence-electron chi connectivity index (χ2n) is 7.49. The maximum Gasteiger partial charge on any atom is 0.224 e. The lowest BCUT2D eigenvalue weighted by Crippen LogP contribution is -2.39. The molecule has 1 aromatic heterocycles. The molecule has 0 aliphatic carbocycles. The lowest BCUT2D eigenvalue weighted by molar-refractivity contribution is 0.265. The highest BCUT2D eigenvalue weighted by Crippen LogP contribution is 2.25. The number of guanidine groups is 1. The van der Waals surface area contributed by atoms with Crippen LogP contribution in [0.15, 0.2) is 77.9 Å². The molecule has 0 spiro atoms. The van der Waals surface area contributed by atoms with E-state index in [1.807, 2.05) is 66.7 Å². The van der Waals surface area contributed by atoms with Crippen LogP contribution in [0.2, 0.25) is 0 Å². The van der Waals surface area contributed by atoms with E-state index in [1.54, 1.807) is 13.2 Å². The molecule has 3 rings (SSSR count). The molecule has 0 aliphatic heterocycles. The molecular formula is C26H33IN4O3. The molecule has 8 heteroatoms. The summed E-state index contributed by atoms with van der Waals surface area (Å²) >= 11 is 0. The molecule has 3 aromatic rings. The second-order valence-corrected chi connectivity index (χ2v) is 7.49. The van der Waals surface area contributed by atoms with Crippen molar-refractivity contribution in [2.24, 2.45) is 4.99 Å². The van der Waals surface area contributed by atoms with Gasteiger partial charge < -0.3 is 25.2 Å². The molecule has 1 atom stereocenters. The molecular weight excluding hydrogens is 543 g/mol. The van der Waals surface area contributed by atoms with Crippen LogP contribution in [0, 0.1) is 0 Å². The van der Waals surface area contributed by atoms with Gasteiger partial charge >= 0.3 is 0 Å².